The zero-order valence-corrected chi connectivity index (χ0v) is 24.2. The molecule has 4 aromatic rings. The van der Waals surface area contributed by atoms with Crippen molar-refractivity contribution in [2.75, 3.05) is 59.3 Å². The molecule has 0 spiro atoms. The van der Waals surface area contributed by atoms with Crippen LogP contribution in [-0.2, 0) is 19.4 Å². The molecule has 2 aliphatic rings. The van der Waals surface area contributed by atoms with Crippen LogP contribution in [0.25, 0.3) is 0 Å². The third-order valence-electron chi connectivity index (χ3n) is 7.87. The van der Waals surface area contributed by atoms with Crippen LogP contribution in [0.1, 0.15) is 23.1 Å². The molecule has 6 rings (SSSR count). The maximum atomic E-state index is 5.65. The predicted molar refractivity (Wildman–Crippen MR) is 173 cm³/mol. The molecule has 1 fully saturated rings. The van der Waals surface area contributed by atoms with Gasteiger partial charge in [-0.25, -0.2) is 0 Å². The summed E-state index contributed by atoms with van der Waals surface area (Å²) in [6.45, 7) is 6.26. The number of rotatable bonds is 8. The Hall–Kier alpha value is -4.17. The summed E-state index contributed by atoms with van der Waals surface area (Å²) in [5.41, 5.74) is 5.40. The van der Waals surface area contributed by atoms with E-state index >= 15 is 0 Å². The molecule has 0 saturated carbocycles. The first-order valence-electron chi connectivity index (χ1n) is 14.6. The Bertz CT molecular complexity index is 1440. The number of aromatic nitrogens is 2. The van der Waals surface area contributed by atoms with Crippen LogP contribution < -0.4 is 25.3 Å². The van der Waals surface area contributed by atoms with Crippen molar-refractivity contribution in [3.8, 4) is 0 Å². The van der Waals surface area contributed by atoms with Gasteiger partial charge in [0, 0.05) is 57.6 Å². The highest BCUT2D eigenvalue weighted by Crippen LogP contribution is 2.28. The number of anilines is 4. The lowest BCUT2D eigenvalue weighted by Gasteiger charge is -2.37. The summed E-state index contributed by atoms with van der Waals surface area (Å²) < 4.78 is 0. The van der Waals surface area contributed by atoms with Crippen LogP contribution in [0.2, 0.25) is 0 Å². The van der Waals surface area contributed by atoms with Gasteiger partial charge in [-0.05, 0) is 60.3 Å². The highest BCUT2D eigenvalue weighted by atomic mass is 32.1. The number of hydrogen-bond acceptors (Lipinski definition) is 6. The fourth-order valence-corrected chi connectivity index (χ4v) is 5.80. The van der Waals surface area contributed by atoms with E-state index in [0.29, 0.717) is 11.1 Å². The Morgan fingerprint density at radius 2 is 1.34 bits per heavy atom. The van der Waals surface area contributed by atoms with Crippen LogP contribution >= 0.6 is 12.2 Å². The van der Waals surface area contributed by atoms with E-state index < -0.39 is 0 Å². The Morgan fingerprint density at radius 3 is 2.10 bits per heavy atom. The number of hydrogen-bond donors (Lipinski definition) is 2. The van der Waals surface area contributed by atoms with E-state index in [0.717, 1.165) is 76.7 Å². The summed E-state index contributed by atoms with van der Waals surface area (Å²) in [4.78, 5) is 17.0. The smallest absolute Gasteiger partial charge is 0.232 e. The zero-order chi connectivity index (χ0) is 27.9. The molecular weight excluding hydrogens is 526 g/mol. The number of benzene rings is 3. The Balaban J connectivity index is 1.15. The Kier molecular flexibility index (Phi) is 8.57. The number of aryl methyl sites for hydroxylation is 1. The summed E-state index contributed by atoms with van der Waals surface area (Å²) in [6, 6.07) is 32.0. The fraction of sp³-hybridized carbons (Fsp3) is 0.303. The lowest BCUT2D eigenvalue weighted by molar-refractivity contribution is 0.646. The SMILES string of the molecule is S=C(NCCCc1ccccc1)Nc1nc(N2CCN(c3ccccc3)CC2)cc(N2CCc3ccccc3C2)n1. The minimum Gasteiger partial charge on any atom is -0.368 e. The topological polar surface area (TPSA) is 59.6 Å². The molecule has 210 valence electrons. The molecule has 1 saturated heterocycles. The lowest BCUT2D eigenvalue weighted by Crippen LogP contribution is -2.47. The molecule has 0 aliphatic carbocycles. The first kappa shape index (κ1) is 27.0. The van der Waals surface area contributed by atoms with Crippen molar-refractivity contribution in [3.05, 3.63) is 108 Å². The van der Waals surface area contributed by atoms with Gasteiger partial charge >= 0.3 is 0 Å². The largest absolute Gasteiger partial charge is 0.368 e. The molecule has 1 aromatic heterocycles. The third-order valence-corrected chi connectivity index (χ3v) is 8.12. The van der Waals surface area contributed by atoms with Crippen molar-refractivity contribution in [2.45, 2.75) is 25.8 Å². The van der Waals surface area contributed by atoms with Gasteiger partial charge in [0.05, 0.1) is 0 Å². The van der Waals surface area contributed by atoms with Gasteiger partial charge in [-0.1, -0.05) is 72.8 Å². The van der Waals surface area contributed by atoms with Crippen LogP contribution in [0.3, 0.4) is 0 Å². The van der Waals surface area contributed by atoms with Crippen molar-refractivity contribution in [3.63, 3.8) is 0 Å². The summed E-state index contributed by atoms with van der Waals surface area (Å²) >= 11 is 5.65. The van der Waals surface area contributed by atoms with Gasteiger partial charge in [0.15, 0.2) is 5.11 Å². The monoisotopic (exact) mass is 563 g/mol. The van der Waals surface area contributed by atoms with Gasteiger partial charge in [-0.15, -0.1) is 0 Å². The van der Waals surface area contributed by atoms with Gasteiger partial charge < -0.3 is 25.3 Å². The summed E-state index contributed by atoms with van der Waals surface area (Å²) in [7, 11) is 0. The van der Waals surface area contributed by atoms with Crippen molar-refractivity contribution in [2.24, 2.45) is 0 Å². The van der Waals surface area contributed by atoms with E-state index in [2.05, 4.69) is 116 Å². The van der Waals surface area contributed by atoms with E-state index in [9.17, 15) is 0 Å². The zero-order valence-electron chi connectivity index (χ0n) is 23.4. The van der Waals surface area contributed by atoms with Gasteiger partial charge in [0.2, 0.25) is 5.95 Å². The van der Waals surface area contributed by atoms with Crippen molar-refractivity contribution in [1.82, 2.24) is 15.3 Å². The molecular formula is C33H37N7S. The maximum Gasteiger partial charge on any atom is 0.232 e. The summed E-state index contributed by atoms with van der Waals surface area (Å²) in [6.07, 6.45) is 3.02. The first-order chi connectivity index (χ1) is 20.2. The van der Waals surface area contributed by atoms with Crippen molar-refractivity contribution in [1.29, 1.82) is 0 Å². The molecule has 7 nitrogen and oxygen atoms in total. The van der Waals surface area contributed by atoms with E-state index in [1.165, 1.54) is 22.4 Å². The summed E-state index contributed by atoms with van der Waals surface area (Å²) in [5.74, 6) is 2.42. The summed E-state index contributed by atoms with van der Waals surface area (Å²) in [5, 5.41) is 7.19. The van der Waals surface area contributed by atoms with Crippen LogP contribution in [0, 0.1) is 0 Å². The second-order valence-corrected chi connectivity index (χ2v) is 11.0. The number of para-hydroxylation sites is 1. The van der Waals surface area contributed by atoms with Gasteiger partial charge in [-0.2, -0.15) is 9.97 Å². The highest BCUT2D eigenvalue weighted by molar-refractivity contribution is 7.80. The molecule has 2 aliphatic heterocycles. The quantitative estimate of drug-likeness (QED) is 0.222. The molecule has 0 radical (unpaired) electrons. The van der Waals surface area contributed by atoms with Gasteiger partial charge in [0.25, 0.3) is 0 Å². The number of nitrogens with zero attached hydrogens (tertiary/aromatic N) is 5. The molecule has 0 amide bonds. The van der Waals surface area contributed by atoms with Crippen molar-refractivity contribution >= 4 is 40.6 Å². The predicted octanol–water partition coefficient (Wildman–Crippen LogP) is 5.29. The van der Waals surface area contributed by atoms with Gasteiger partial charge in [-0.3, -0.25) is 0 Å². The molecule has 8 heteroatoms. The van der Waals surface area contributed by atoms with E-state index in [1.54, 1.807) is 0 Å². The molecule has 3 heterocycles. The average molecular weight is 564 g/mol. The highest BCUT2D eigenvalue weighted by Gasteiger charge is 2.23. The van der Waals surface area contributed by atoms with Crippen molar-refractivity contribution < 1.29 is 0 Å². The minimum atomic E-state index is 0.544. The fourth-order valence-electron chi connectivity index (χ4n) is 5.61. The molecule has 0 unspecified atom stereocenters. The first-order valence-corrected chi connectivity index (χ1v) is 15.0. The molecule has 0 bridgehead atoms. The Morgan fingerprint density at radius 1 is 0.707 bits per heavy atom. The molecule has 41 heavy (non-hydrogen) atoms. The van der Waals surface area contributed by atoms with Gasteiger partial charge in [0.1, 0.15) is 11.6 Å². The van der Waals surface area contributed by atoms with E-state index in [4.69, 9.17) is 22.2 Å². The number of piperazine rings is 1. The maximum absolute atomic E-state index is 5.65. The minimum absolute atomic E-state index is 0.544. The second-order valence-electron chi connectivity index (χ2n) is 10.6. The molecule has 3 aromatic carbocycles. The Labute approximate surface area is 248 Å². The average Bonchev–Trinajstić information content (AvgIpc) is 3.04. The molecule has 0 atom stereocenters. The second kappa shape index (κ2) is 13.0. The molecule has 2 N–H and O–H groups in total. The standard InChI is InChI=1S/C33H37N7S/c41-33(34-18-9-12-26-10-3-1-4-11-26)37-32-35-30(39-22-20-38(21-23-39)29-15-5-2-6-16-29)24-31(36-32)40-19-17-27-13-7-8-14-28(27)25-40/h1-8,10-11,13-16,24H,9,12,17-23,25H2,(H2,34,35,36,37,41). The normalized spacial score (nSPS) is 14.9. The van der Waals surface area contributed by atoms with E-state index in [-0.39, 0.29) is 0 Å². The lowest BCUT2D eigenvalue weighted by atomic mass is 10.00. The van der Waals surface area contributed by atoms with Crippen LogP contribution in [0.4, 0.5) is 23.3 Å². The number of thiocarbonyl (C=S) groups is 1. The number of fused-ring (bicyclic) bond motifs is 1. The van der Waals surface area contributed by atoms with Crippen LogP contribution in [-0.4, -0.2) is 54.3 Å². The third kappa shape index (κ3) is 6.95. The van der Waals surface area contributed by atoms with Crippen LogP contribution in [0.5, 0.6) is 0 Å². The number of nitrogens with one attached hydrogen (secondary N) is 2. The van der Waals surface area contributed by atoms with Crippen LogP contribution in [0.15, 0.2) is 91.0 Å². The van der Waals surface area contributed by atoms with E-state index in [1.807, 2.05) is 0 Å².